The number of nitrogens with one attached hydrogen (secondary N) is 1. The molecule has 0 aromatic heterocycles. The summed E-state index contributed by atoms with van der Waals surface area (Å²) in [7, 11) is 4.01. The van der Waals surface area contributed by atoms with E-state index in [9.17, 15) is 4.79 Å². The smallest absolute Gasteiger partial charge is 0.253 e. The van der Waals surface area contributed by atoms with Gasteiger partial charge in [0.25, 0.3) is 5.91 Å². The lowest BCUT2D eigenvalue weighted by Crippen LogP contribution is -2.31. The highest BCUT2D eigenvalue weighted by Crippen LogP contribution is 2.24. The Labute approximate surface area is 161 Å². The van der Waals surface area contributed by atoms with Crippen LogP contribution in [0.5, 0.6) is 0 Å². The number of nitrogens with zero attached hydrogens (tertiary/aromatic N) is 1. The van der Waals surface area contributed by atoms with E-state index in [4.69, 9.17) is 23.2 Å². The average Bonchev–Trinajstić information content (AvgIpc) is 2.54. The van der Waals surface area contributed by atoms with E-state index in [1.165, 1.54) is 0 Å². The lowest BCUT2D eigenvalue weighted by atomic mass is 10.0. The van der Waals surface area contributed by atoms with Crippen molar-refractivity contribution in [3.8, 4) is 0 Å². The summed E-state index contributed by atoms with van der Waals surface area (Å²) in [4.78, 5) is 14.7. The molecule has 2 rings (SSSR count). The minimum Gasteiger partial charge on any atom is -0.345 e. The Morgan fingerprint density at radius 3 is 2.46 bits per heavy atom. The second kappa shape index (κ2) is 8.86. The second-order valence-corrected chi connectivity index (χ2v) is 7.55. The normalized spacial score (nSPS) is 12.2. The Morgan fingerprint density at radius 2 is 1.83 bits per heavy atom. The maximum atomic E-state index is 12.7. The molecule has 128 valence electrons. The number of hydrogen-bond donors (Lipinski definition) is 1. The predicted molar refractivity (Wildman–Crippen MR) is 104 cm³/mol. The fourth-order valence-corrected chi connectivity index (χ4v) is 3.00. The van der Waals surface area contributed by atoms with Crippen LogP contribution in [0.1, 0.15) is 28.4 Å². The van der Waals surface area contributed by atoms with Gasteiger partial charge in [-0.15, -0.1) is 0 Å². The van der Waals surface area contributed by atoms with Gasteiger partial charge in [-0.3, -0.25) is 4.79 Å². The Hall–Kier alpha value is -1.07. The van der Waals surface area contributed by atoms with E-state index in [2.05, 4.69) is 26.1 Å². The second-order valence-electron chi connectivity index (χ2n) is 5.79. The zero-order valence-electron chi connectivity index (χ0n) is 13.5. The summed E-state index contributed by atoms with van der Waals surface area (Å²) in [6.45, 7) is 0.847. The van der Waals surface area contributed by atoms with Crippen molar-refractivity contribution < 1.29 is 4.79 Å². The molecule has 0 aliphatic carbocycles. The largest absolute Gasteiger partial charge is 0.345 e. The first-order chi connectivity index (χ1) is 11.4. The highest BCUT2D eigenvalue weighted by atomic mass is 79.9. The molecule has 0 saturated carbocycles. The SMILES string of the molecule is CN(C)CCC(NC(=O)c1cc(Br)ccc1Cl)c1ccc(Cl)cc1. The van der Waals surface area contributed by atoms with Crippen molar-refractivity contribution in [3.05, 3.63) is 68.1 Å². The van der Waals surface area contributed by atoms with Gasteiger partial charge in [0.05, 0.1) is 16.6 Å². The summed E-state index contributed by atoms with van der Waals surface area (Å²) < 4.78 is 0.813. The van der Waals surface area contributed by atoms with Crippen LogP contribution in [-0.4, -0.2) is 31.4 Å². The molecule has 1 unspecified atom stereocenters. The molecule has 2 aromatic rings. The van der Waals surface area contributed by atoms with Gasteiger partial charge in [0, 0.05) is 9.50 Å². The molecular formula is C18H19BrCl2N2O. The van der Waals surface area contributed by atoms with Gasteiger partial charge >= 0.3 is 0 Å². The average molecular weight is 430 g/mol. The molecule has 0 bridgehead atoms. The molecule has 0 aliphatic heterocycles. The minimum absolute atomic E-state index is 0.118. The monoisotopic (exact) mass is 428 g/mol. The lowest BCUT2D eigenvalue weighted by Gasteiger charge is -2.22. The molecule has 0 aliphatic rings. The Balaban J connectivity index is 2.22. The van der Waals surface area contributed by atoms with E-state index in [1.807, 2.05) is 44.4 Å². The third-order valence-corrected chi connectivity index (χ3v) is 4.69. The van der Waals surface area contributed by atoms with Gasteiger partial charge in [-0.2, -0.15) is 0 Å². The van der Waals surface area contributed by atoms with Crippen LogP contribution in [0.25, 0.3) is 0 Å². The molecule has 1 atom stereocenters. The molecule has 6 heteroatoms. The van der Waals surface area contributed by atoms with Crippen LogP contribution >= 0.6 is 39.1 Å². The Bertz CT molecular complexity index is 705. The first kappa shape index (κ1) is 19.3. The summed E-state index contributed by atoms with van der Waals surface area (Å²) in [5, 5.41) is 4.18. The van der Waals surface area contributed by atoms with Gasteiger partial charge in [-0.05, 0) is 63.0 Å². The third-order valence-electron chi connectivity index (χ3n) is 3.62. The van der Waals surface area contributed by atoms with Gasteiger partial charge < -0.3 is 10.2 Å². The number of benzene rings is 2. The summed E-state index contributed by atoms with van der Waals surface area (Å²) in [6.07, 6.45) is 0.784. The number of halogens is 3. The lowest BCUT2D eigenvalue weighted by molar-refractivity contribution is 0.0933. The molecular weight excluding hydrogens is 411 g/mol. The first-order valence-corrected chi connectivity index (χ1v) is 9.08. The first-order valence-electron chi connectivity index (χ1n) is 7.53. The standard InChI is InChI=1S/C18H19BrCl2N2O/c1-23(2)10-9-17(12-3-6-14(20)7-4-12)22-18(24)15-11-13(19)5-8-16(15)21/h3-8,11,17H,9-10H2,1-2H3,(H,22,24). The fourth-order valence-electron chi connectivity index (χ4n) is 2.31. The van der Waals surface area contributed by atoms with Gasteiger partial charge in [0.2, 0.25) is 0 Å². The number of amides is 1. The van der Waals surface area contributed by atoms with Crippen molar-refractivity contribution in [2.24, 2.45) is 0 Å². The van der Waals surface area contributed by atoms with Crippen LogP contribution in [0.15, 0.2) is 46.9 Å². The van der Waals surface area contributed by atoms with Crippen molar-refractivity contribution in [2.45, 2.75) is 12.5 Å². The van der Waals surface area contributed by atoms with Crippen molar-refractivity contribution in [1.82, 2.24) is 10.2 Å². The maximum Gasteiger partial charge on any atom is 0.253 e. The number of hydrogen-bond acceptors (Lipinski definition) is 2. The maximum absolute atomic E-state index is 12.7. The third kappa shape index (κ3) is 5.49. The van der Waals surface area contributed by atoms with E-state index in [1.54, 1.807) is 12.1 Å². The van der Waals surface area contributed by atoms with Gasteiger partial charge in [-0.25, -0.2) is 0 Å². The topological polar surface area (TPSA) is 32.3 Å². The molecule has 0 spiro atoms. The molecule has 1 N–H and O–H groups in total. The minimum atomic E-state index is -0.194. The van der Waals surface area contributed by atoms with Crippen LogP contribution in [-0.2, 0) is 0 Å². The molecule has 1 amide bonds. The van der Waals surface area contributed by atoms with E-state index in [0.717, 1.165) is 23.0 Å². The van der Waals surface area contributed by atoms with E-state index in [-0.39, 0.29) is 11.9 Å². The number of rotatable bonds is 6. The molecule has 0 radical (unpaired) electrons. The van der Waals surface area contributed by atoms with Crippen molar-refractivity contribution in [3.63, 3.8) is 0 Å². The predicted octanol–water partition coefficient (Wildman–Crippen LogP) is 5.18. The van der Waals surface area contributed by atoms with Gasteiger partial charge in [0.15, 0.2) is 0 Å². The van der Waals surface area contributed by atoms with Crippen molar-refractivity contribution in [2.75, 3.05) is 20.6 Å². The van der Waals surface area contributed by atoms with Gasteiger partial charge in [0.1, 0.15) is 0 Å². The molecule has 3 nitrogen and oxygen atoms in total. The van der Waals surface area contributed by atoms with Crippen molar-refractivity contribution >= 4 is 45.0 Å². The molecule has 24 heavy (non-hydrogen) atoms. The van der Waals surface area contributed by atoms with E-state index < -0.39 is 0 Å². The Kier molecular flexibility index (Phi) is 7.11. The van der Waals surface area contributed by atoms with Crippen molar-refractivity contribution in [1.29, 1.82) is 0 Å². The summed E-state index contributed by atoms with van der Waals surface area (Å²) in [6, 6.07) is 12.7. The van der Waals surface area contributed by atoms with Crippen LogP contribution in [0.4, 0.5) is 0 Å². The summed E-state index contributed by atoms with van der Waals surface area (Å²) >= 11 is 15.5. The molecule has 0 saturated heterocycles. The Morgan fingerprint density at radius 1 is 1.17 bits per heavy atom. The number of carbonyl (C=O) groups is 1. The quantitative estimate of drug-likeness (QED) is 0.686. The zero-order valence-corrected chi connectivity index (χ0v) is 16.6. The van der Waals surface area contributed by atoms with Gasteiger partial charge in [-0.1, -0.05) is 51.3 Å². The van der Waals surface area contributed by atoms with Crippen LogP contribution in [0.2, 0.25) is 10.0 Å². The highest BCUT2D eigenvalue weighted by Gasteiger charge is 2.18. The summed E-state index contributed by atoms with van der Waals surface area (Å²) in [5.41, 5.74) is 1.47. The van der Waals surface area contributed by atoms with E-state index >= 15 is 0 Å². The summed E-state index contributed by atoms with van der Waals surface area (Å²) in [5.74, 6) is -0.194. The molecule has 2 aromatic carbocycles. The highest BCUT2D eigenvalue weighted by molar-refractivity contribution is 9.10. The van der Waals surface area contributed by atoms with Crippen LogP contribution in [0, 0.1) is 0 Å². The van der Waals surface area contributed by atoms with Crippen LogP contribution < -0.4 is 5.32 Å². The number of carbonyl (C=O) groups excluding carboxylic acids is 1. The molecule has 0 heterocycles. The van der Waals surface area contributed by atoms with E-state index in [0.29, 0.717) is 15.6 Å². The molecule has 0 fully saturated rings. The van der Waals surface area contributed by atoms with Crippen LogP contribution in [0.3, 0.4) is 0 Å². The fraction of sp³-hybridized carbons (Fsp3) is 0.278. The zero-order chi connectivity index (χ0) is 17.7.